The van der Waals surface area contributed by atoms with E-state index < -0.39 is 0 Å². The molecule has 3 rings (SSSR count). The Bertz CT molecular complexity index is 1070. The van der Waals surface area contributed by atoms with Gasteiger partial charge in [0.15, 0.2) is 0 Å². The molecular weight excluding hydrogens is 434 g/mol. The van der Waals surface area contributed by atoms with Crippen LogP contribution in [0.25, 0.3) is 12.2 Å². The van der Waals surface area contributed by atoms with Crippen LogP contribution in [0.4, 0.5) is 5.69 Å². The molecule has 2 heterocycles. The summed E-state index contributed by atoms with van der Waals surface area (Å²) in [6, 6.07) is 14.1. The molecule has 34 heavy (non-hydrogen) atoms. The van der Waals surface area contributed by atoms with E-state index in [1.807, 2.05) is 71.9 Å². The molecule has 3 nitrogen and oxygen atoms in total. The summed E-state index contributed by atoms with van der Waals surface area (Å²) in [5.74, 6) is 0.554. The predicted octanol–water partition coefficient (Wildman–Crippen LogP) is 7.65. The van der Waals surface area contributed by atoms with Crippen molar-refractivity contribution in [1.82, 2.24) is 4.57 Å². The number of para-hydroxylation sites is 1. The molecule has 0 atom stereocenters. The van der Waals surface area contributed by atoms with Gasteiger partial charge in [0, 0.05) is 27.4 Å². The summed E-state index contributed by atoms with van der Waals surface area (Å²) in [6.45, 7) is 17.1. The van der Waals surface area contributed by atoms with Crippen molar-refractivity contribution in [3.8, 4) is 0 Å². The smallest absolute Gasteiger partial charge is 0.132 e. The van der Waals surface area contributed by atoms with Crippen LogP contribution in [0.5, 0.6) is 0 Å². The normalized spacial score (nSPS) is 11.8. The minimum atomic E-state index is 0.554. The molecule has 186 valence electrons. The predicted molar refractivity (Wildman–Crippen MR) is 157 cm³/mol. The van der Waals surface area contributed by atoms with E-state index in [4.69, 9.17) is 5.73 Å². The molecule has 0 saturated heterocycles. The van der Waals surface area contributed by atoms with Crippen molar-refractivity contribution in [3.63, 3.8) is 0 Å². The molecule has 0 aliphatic heterocycles. The summed E-state index contributed by atoms with van der Waals surface area (Å²) in [5, 5.41) is 4.57. The van der Waals surface area contributed by atoms with Crippen LogP contribution >= 0.6 is 11.3 Å². The second kappa shape index (κ2) is 19.6. The first-order chi connectivity index (χ1) is 16.7. The fourth-order valence-corrected chi connectivity index (χ4v) is 3.85. The molecule has 0 aliphatic rings. The lowest BCUT2D eigenvalue weighted by atomic mass is 10.2. The highest BCUT2D eigenvalue weighted by Gasteiger charge is 2.05. The maximum Gasteiger partial charge on any atom is 0.132 e. The van der Waals surface area contributed by atoms with Gasteiger partial charge in [0.1, 0.15) is 5.84 Å². The second-order valence-electron chi connectivity index (χ2n) is 6.59. The van der Waals surface area contributed by atoms with E-state index in [1.54, 1.807) is 11.3 Å². The van der Waals surface area contributed by atoms with Gasteiger partial charge in [-0.1, -0.05) is 91.3 Å². The molecule has 4 heteroatoms. The lowest BCUT2D eigenvalue weighted by Crippen LogP contribution is -2.28. The SMILES string of the molecule is C/C=c1/ccn(Cc2cc(C(N)=Nc3ccccc3)cs2)/c1=C/C=C\CCC.CC.CC.CC. The highest BCUT2D eigenvalue weighted by Crippen LogP contribution is 2.17. The van der Waals surface area contributed by atoms with E-state index in [0.29, 0.717) is 5.84 Å². The van der Waals surface area contributed by atoms with Gasteiger partial charge in [0.25, 0.3) is 0 Å². The zero-order valence-corrected chi connectivity index (χ0v) is 23.3. The number of aromatic nitrogens is 1. The van der Waals surface area contributed by atoms with Crippen molar-refractivity contribution in [3.05, 3.63) is 87.2 Å². The van der Waals surface area contributed by atoms with Crippen LogP contribution in [-0.4, -0.2) is 10.4 Å². The van der Waals surface area contributed by atoms with Gasteiger partial charge in [-0.25, -0.2) is 4.99 Å². The Hall–Kier alpha value is -2.85. The Kier molecular flexibility index (Phi) is 18.0. The quantitative estimate of drug-likeness (QED) is 0.274. The van der Waals surface area contributed by atoms with Crippen LogP contribution < -0.4 is 16.3 Å². The molecule has 0 bridgehead atoms. The van der Waals surface area contributed by atoms with E-state index in [2.05, 4.69) is 71.4 Å². The van der Waals surface area contributed by atoms with Crippen LogP contribution in [0.1, 0.15) is 78.7 Å². The van der Waals surface area contributed by atoms with Gasteiger partial charge in [0.05, 0.1) is 12.2 Å². The fraction of sp³-hybridized carbons (Fsp3) is 0.367. The van der Waals surface area contributed by atoms with Crippen molar-refractivity contribution in [2.75, 3.05) is 0 Å². The highest BCUT2D eigenvalue weighted by atomic mass is 32.1. The summed E-state index contributed by atoms with van der Waals surface area (Å²) in [5.41, 5.74) is 8.06. The van der Waals surface area contributed by atoms with E-state index in [9.17, 15) is 0 Å². The molecule has 0 aliphatic carbocycles. The molecule has 0 amide bonds. The zero-order chi connectivity index (χ0) is 25.8. The number of hydrogen-bond acceptors (Lipinski definition) is 2. The van der Waals surface area contributed by atoms with Gasteiger partial charge in [-0.15, -0.1) is 11.3 Å². The Morgan fingerprint density at radius 3 is 2.32 bits per heavy atom. The maximum absolute atomic E-state index is 6.21. The average Bonchev–Trinajstić information content (AvgIpc) is 3.53. The van der Waals surface area contributed by atoms with Crippen molar-refractivity contribution < 1.29 is 0 Å². The van der Waals surface area contributed by atoms with Crippen LogP contribution in [-0.2, 0) is 6.54 Å². The number of thiophene rings is 1. The standard InChI is InChI=1S/C24H27N3S.3C2H6/c1-3-5-6-10-13-23-19(4-2)14-15-27(23)17-22-16-20(18-28-22)24(25)26-21-11-8-7-9-12-21;3*1-2/h4,6-16,18H,3,5,17H2,1-2H3,(H2,25,26);3*1-2H3/b10-6-,19-4-,23-13+;;;. The minimum Gasteiger partial charge on any atom is -0.383 e. The lowest BCUT2D eigenvalue weighted by Gasteiger charge is -2.01. The van der Waals surface area contributed by atoms with E-state index in [1.165, 1.54) is 21.9 Å². The van der Waals surface area contributed by atoms with Crippen LogP contribution in [0.3, 0.4) is 0 Å². The van der Waals surface area contributed by atoms with Crippen molar-refractivity contribution in [1.29, 1.82) is 0 Å². The van der Waals surface area contributed by atoms with Gasteiger partial charge in [-0.3, -0.25) is 0 Å². The number of aliphatic imine (C=N–C) groups is 1. The molecule has 0 spiro atoms. The van der Waals surface area contributed by atoms with Crippen molar-refractivity contribution in [2.45, 2.75) is 74.8 Å². The third-order valence-electron chi connectivity index (χ3n) is 4.48. The van der Waals surface area contributed by atoms with Gasteiger partial charge in [-0.05, 0) is 48.9 Å². The topological polar surface area (TPSA) is 43.3 Å². The number of amidine groups is 1. The Balaban J connectivity index is 0.00000168. The van der Waals surface area contributed by atoms with Crippen molar-refractivity contribution in [2.24, 2.45) is 10.7 Å². The first-order valence-electron chi connectivity index (χ1n) is 12.7. The highest BCUT2D eigenvalue weighted by molar-refractivity contribution is 7.10. The largest absolute Gasteiger partial charge is 0.383 e. The minimum absolute atomic E-state index is 0.554. The monoisotopic (exact) mass is 479 g/mol. The Morgan fingerprint density at radius 2 is 1.71 bits per heavy atom. The Morgan fingerprint density at radius 1 is 1.03 bits per heavy atom. The Labute approximate surface area is 212 Å². The van der Waals surface area contributed by atoms with Crippen LogP contribution in [0.2, 0.25) is 0 Å². The molecule has 3 aromatic rings. The number of benzene rings is 1. The molecular formula is C30H45N3S. The van der Waals surface area contributed by atoms with Crippen molar-refractivity contribution >= 4 is 35.0 Å². The van der Waals surface area contributed by atoms with Crippen LogP contribution in [0, 0.1) is 0 Å². The summed E-state index contributed by atoms with van der Waals surface area (Å²) in [7, 11) is 0. The van der Waals surface area contributed by atoms with Gasteiger partial charge in [0.2, 0.25) is 0 Å². The number of nitrogens with two attached hydrogens (primary N) is 1. The summed E-state index contributed by atoms with van der Waals surface area (Å²) >= 11 is 1.72. The molecule has 2 aromatic heterocycles. The molecule has 0 unspecified atom stereocenters. The average molecular weight is 480 g/mol. The van der Waals surface area contributed by atoms with E-state index in [0.717, 1.165) is 24.2 Å². The first-order valence-corrected chi connectivity index (χ1v) is 13.5. The maximum atomic E-state index is 6.21. The number of rotatable bonds is 7. The zero-order valence-electron chi connectivity index (χ0n) is 22.5. The molecule has 2 N–H and O–H groups in total. The number of hydrogen-bond donors (Lipinski definition) is 1. The summed E-state index contributed by atoms with van der Waals surface area (Å²) in [4.78, 5) is 5.77. The molecule has 0 radical (unpaired) electrons. The fourth-order valence-electron chi connectivity index (χ4n) is 2.97. The summed E-state index contributed by atoms with van der Waals surface area (Å²) < 4.78 is 2.28. The van der Waals surface area contributed by atoms with Gasteiger partial charge < -0.3 is 10.3 Å². The molecule has 1 aromatic carbocycles. The summed E-state index contributed by atoms with van der Waals surface area (Å²) in [6.07, 6.45) is 13.2. The molecule has 0 fully saturated rings. The number of allylic oxidation sites excluding steroid dienone is 2. The molecule has 0 saturated carbocycles. The van der Waals surface area contributed by atoms with Gasteiger partial charge in [-0.2, -0.15) is 0 Å². The van der Waals surface area contributed by atoms with E-state index >= 15 is 0 Å². The first kappa shape index (κ1) is 31.1. The van der Waals surface area contributed by atoms with E-state index in [-0.39, 0.29) is 0 Å². The second-order valence-corrected chi connectivity index (χ2v) is 7.59. The lowest BCUT2D eigenvalue weighted by molar-refractivity contribution is 0.790. The van der Waals surface area contributed by atoms with Crippen LogP contribution in [0.15, 0.2) is 71.2 Å². The van der Waals surface area contributed by atoms with Gasteiger partial charge >= 0.3 is 0 Å². The third-order valence-corrected chi connectivity index (χ3v) is 5.40. The number of nitrogens with zero attached hydrogens (tertiary/aromatic N) is 2. The number of unbranched alkanes of at least 4 members (excludes halogenated alkanes) is 1. The third kappa shape index (κ3) is 10.4.